The van der Waals surface area contributed by atoms with Gasteiger partial charge in [-0.2, -0.15) is 0 Å². The van der Waals surface area contributed by atoms with Gasteiger partial charge < -0.3 is 9.73 Å². The third kappa shape index (κ3) is 4.81. The number of hydrogen-bond donors (Lipinski definition) is 1. The van der Waals surface area contributed by atoms with Gasteiger partial charge in [0.1, 0.15) is 5.76 Å². The van der Waals surface area contributed by atoms with Gasteiger partial charge in [-0.3, -0.25) is 4.90 Å². The van der Waals surface area contributed by atoms with Gasteiger partial charge in [0.15, 0.2) is 0 Å². The van der Waals surface area contributed by atoms with Gasteiger partial charge in [-0.25, -0.2) is 0 Å². The molecule has 0 radical (unpaired) electrons. The van der Waals surface area contributed by atoms with Crippen molar-refractivity contribution in [2.24, 2.45) is 0 Å². The highest BCUT2D eigenvalue weighted by atomic mass is 16.3. The first kappa shape index (κ1) is 13.3. The fraction of sp³-hybridized carbons (Fsp3) is 0.692. The van der Waals surface area contributed by atoms with Crippen LogP contribution in [0.2, 0.25) is 0 Å². The summed E-state index contributed by atoms with van der Waals surface area (Å²) in [6, 6.07) is 2.15. The number of furan rings is 1. The Hall–Kier alpha value is -0.800. The standard InChI is InChI=1S/C13H24N2O/c1-4-6-14-9-12-8-13(16-11-12)10-15(3)7-5-2/h8,11,14H,4-7,9-10H2,1-3H3. The second-order valence-electron chi connectivity index (χ2n) is 4.34. The van der Waals surface area contributed by atoms with Crippen LogP contribution in [0.4, 0.5) is 0 Å². The predicted molar refractivity (Wildman–Crippen MR) is 67.3 cm³/mol. The maximum atomic E-state index is 5.53. The van der Waals surface area contributed by atoms with Crippen LogP contribution >= 0.6 is 0 Å². The summed E-state index contributed by atoms with van der Waals surface area (Å²) >= 11 is 0. The van der Waals surface area contributed by atoms with Crippen molar-refractivity contribution in [2.75, 3.05) is 20.1 Å². The molecule has 0 saturated heterocycles. The number of nitrogens with one attached hydrogen (secondary N) is 1. The van der Waals surface area contributed by atoms with Crippen molar-refractivity contribution >= 4 is 0 Å². The second kappa shape index (κ2) is 7.47. The first-order valence-corrected chi connectivity index (χ1v) is 6.21. The predicted octanol–water partition coefficient (Wildman–Crippen LogP) is 2.62. The van der Waals surface area contributed by atoms with Crippen LogP contribution in [-0.2, 0) is 13.1 Å². The second-order valence-corrected chi connectivity index (χ2v) is 4.34. The summed E-state index contributed by atoms with van der Waals surface area (Å²) in [5, 5.41) is 3.37. The lowest BCUT2D eigenvalue weighted by molar-refractivity contribution is 0.295. The highest BCUT2D eigenvalue weighted by Crippen LogP contribution is 2.09. The van der Waals surface area contributed by atoms with Crippen LogP contribution in [0.25, 0.3) is 0 Å². The summed E-state index contributed by atoms with van der Waals surface area (Å²) in [5.74, 6) is 1.06. The van der Waals surface area contributed by atoms with E-state index >= 15 is 0 Å². The zero-order chi connectivity index (χ0) is 11.8. The van der Waals surface area contributed by atoms with Crippen molar-refractivity contribution in [2.45, 2.75) is 39.8 Å². The normalized spacial score (nSPS) is 11.2. The van der Waals surface area contributed by atoms with Gasteiger partial charge in [-0.1, -0.05) is 13.8 Å². The molecule has 1 N–H and O–H groups in total. The fourth-order valence-corrected chi connectivity index (χ4v) is 1.74. The first-order chi connectivity index (χ1) is 7.76. The maximum absolute atomic E-state index is 5.53. The van der Waals surface area contributed by atoms with Crippen LogP contribution in [0.5, 0.6) is 0 Å². The zero-order valence-corrected chi connectivity index (χ0v) is 10.8. The smallest absolute Gasteiger partial charge is 0.118 e. The lowest BCUT2D eigenvalue weighted by Gasteiger charge is -2.12. The number of hydrogen-bond acceptors (Lipinski definition) is 3. The van der Waals surface area contributed by atoms with E-state index in [0.717, 1.165) is 31.9 Å². The molecule has 1 aromatic heterocycles. The average molecular weight is 224 g/mol. The molecule has 0 bridgehead atoms. The third-order valence-electron chi connectivity index (χ3n) is 2.50. The molecule has 0 fully saturated rings. The van der Waals surface area contributed by atoms with Crippen molar-refractivity contribution in [1.29, 1.82) is 0 Å². The topological polar surface area (TPSA) is 28.4 Å². The van der Waals surface area contributed by atoms with Crippen LogP contribution < -0.4 is 5.32 Å². The summed E-state index contributed by atoms with van der Waals surface area (Å²) in [7, 11) is 2.13. The molecule has 92 valence electrons. The van der Waals surface area contributed by atoms with Gasteiger partial charge in [-0.05, 0) is 39.0 Å². The van der Waals surface area contributed by atoms with Crippen molar-refractivity contribution in [3.8, 4) is 0 Å². The van der Waals surface area contributed by atoms with E-state index in [-0.39, 0.29) is 0 Å². The molecule has 0 saturated carbocycles. The van der Waals surface area contributed by atoms with Gasteiger partial charge in [0, 0.05) is 12.1 Å². The minimum Gasteiger partial charge on any atom is -0.468 e. The molecular formula is C13H24N2O. The van der Waals surface area contributed by atoms with Crippen LogP contribution in [0.3, 0.4) is 0 Å². The summed E-state index contributed by atoms with van der Waals surface area (Å²) in [6.07, 6.45) is 4.21. The fourth-order valence-electron chi connectivity index (χ4n) is 1.74. The quantitative estimate of drug-likeness (QED) is 0.688. The molecule has 0 aromatic carbocycles. The van der Waals surface area contributed by atoms with Crippen LogP contribution in [0, 0.1) is 0 Å². The molecule has 1 heterocycles. The minimum absolute atomic E-state index is 0.904. The van der Waals surface area contributed by atoms with Crippen LogP contribution in [-0.4, -0.2) is 25.0 Å². The van der Waals surface area contributed by atoms with Crippen molar-refractivity contribution in [3.63, 3.8) is 0 Å². The van der Waals surface area contributed by atoms with Crippen molar-refractivity contribution in [3.05, 3.63) is 23.7 Å². The maximum Gasteiger partial charge on any atom is 0.118 e. The van der Waals surface area contributed by atoms with Gasteiger partial charge in [0.2, 0.25) is 0 Å². The molecular weight excluding hydrogens is 200 g/mol. The van der Waals surface area contributed by atoms with E-state index in [9.17, 15) is 0 Å². The molecule has 1 rings (SSSR count). The highest BCUT2D eigenvalue weighted by Gasteiger charge is 2.04. The average Bonchev–Trinajstić information content (AvgIpc) is 2.66. The summed E-state index contributed by atoms with van der Waals surface area (Å²) in [5.41, 5.74) is 1.24. The van der Waals surface area contributed by atoms with E-state index in [0.29, 0.717) is 0 Å². The monoisotopic (exact) mass is 224 g/mol. The van der Waals surface area contributed by atoms with E-state index < -0.39 is 0 Å². The number of nitrogens with zero attached hydrogens (tertiary/aromatic N) is 1. The van der Waals surface area contributed by atoms with E-state index in [1.54, 1.807) is 0 Å². The lowest BCUT2D eigenvalue weighted by atomic mass is 10.3. The van der Waals surface area contributed by atoms with Gasteiger partial charge in [-0.15, -0.1) is 0 Å². The molecule has 16 heavy (non-hydrogen) atoms. The van der Waals surface area contributed by atoms with E-state index in [1.807, 2.05) is 6.26 Å². The summed E-state index contributed by atoms with van der Waals surface area (Å²) in [6.45, 7) is 8.36. The van der Waals surface area contributed by atoms with E-state index in [4.69, 9.17) is 4.42 Å². The Morgan fingerprint density at radius 1 is 1.31 bits per heavy atom. The Kier molecular flexibility index (Phi) is 6.19. The van der Waals surface area contributed by atoms with Gasteiger partial charge >= 0.3 is 0 Å². The Balaban J connectivity index is 2.33. The Labute approximate surface area is 98.8 Å². The molecule has 1 aromatic rings. The molecule has 0 amide bonds. The van der Waals surface area contributed by atoms with Gasteiger partial charge in [0.05, 0.1) is 12.8 Å². The number of rotatable bonds is 8. The largest absolute Gasteiger partial charge is 0.468 e. The molecule has 0 spiro atoms. The minimum atomic E-state index is 0.904. The molecule has 3 heteroatoms. The molecule has 0 aliphatic heterocycles. The van der Waals surface area contributed by atoms with Gasteiger partial charge in [0.25, 0.3) is 0 Å². The Morgan fingerprint density at radius 3 is 2.81 bits per heavy atom. The molecule has 0 unspecified atom stereocenters. The highest BCUT2D eigenvalue weighted by molar-refractivity contribution is 5.12. The van der Waals surface area contributed by atoms with Crippen molar-refractivity contribution in [1.82, 2.24) is 10.2 Å². The van der Waals surface area contributed by atoms with Crippen LogP contribution in [0.15, 0.2) is 16.7 Å². The SMILES string of the molecule is CCCNCc1coc(CN(C)CCC)c1. The summed E-state index contributed by atoms with van der Waals surface area (Å²) in [4.78, 5) is 2.28. The van der Waals surface area contributed by atoms with Crippen molar-refractivity contribution < 1.29 is 4.42 Å². The van der Waals surface area contributed by atoms with E-state index in [2.05, 4.69) is 37.2 Å². The third-order valence-corrected chi connectivity index (χ3v) is 2.50. The van der Waals surface area contributed by atoms with Crippen LogP contribution in [0.1, 0.15) is 38.0 Å². The lowest BCUT2D eigenvalue weighted by Crippen LogP contribution is -2.18. The molecule has 0 aliphatic carbocycles. The molecule has 0 aliphatic rings. The first-order valence-electron chi connectivity index (χ1n) is 6.21. The molecule has 3 nitrogen and oxygen atoms in total. The molecule has 0 atom stereocenters. The summed E-state index contributed by atoms with van der Waals surface area (Å²) < 4.78 is 5.53. The van der Waals surface area contributed by atoms with E-state index in [1.165, 1.54) is 18.4 Å². The zero-order valence-electron chi connectivity index (χ0n) is 10.8. The Bertz CT molecular complexity index is 283. The Morgan fingerprint density at radius 2 is 2.12 bits per heavy atom.